The van der Waals surface area contributed by atoms with Crippen molar-refractivity contribution in [2.75, 3.05) is 13.7 Å². The second kappa shape index (κ2) is 7.24. The Labute approximate surface area is 109 Å². The van der Waals surface area contributed by atoms with Gasteiger partial charge in [-0.3, -0.25) is 0 Å². The molecule has 4 heteroatoms. The highest BCUT2D eigenvalue weighted by Gasteiger charge is 2.11. The average molecular weight is 253 g/mol. The zero-order valence-electron chi connectivity index (χ0n) is 11.3. The Bertz CT molecular complexity index is 368. The third-order valence-electron chi connectivity index (χ3n) is 3.10. The summed E-state index contributed by atoms with van der Waals surface area (Å²) in [6, 6.07) is 5.32. The van der Waals surface area contributed by atoms with E-state index in [1.165, 1.54) is 0 Å². The number of hydrogen-bond donors (Lipinski definition) is 3. The second-order valence-corrected chi connectivity index (χ2v) is 4.45. The first-order valence-corrected chi connectivity index (χ1v) is 6.36. The second-order valence-electron chi connectivity index (χ2n) is 4.45. The number of rotatable bonds is 7. The van der Waals surface area contributed by atoms with Crippen LogP contribution < -0.4 is 10.1 Å². The Morgan fingerprint density at radius 2 is 2.11 bits per heavy atom. The smallest absolute Gasteiger partial charge is 0.124 e. The summed E-state index contributed by atoms with van der Waals surface area (Å²) in [6.07, 6.45) is 1.23. The minimum Gasteiger partial charge on any atom is -0.507 e. The van der Waals surface area contributed by atoms with Crippen LogP contribution in [0.15, 0.2) is 18.2 Å². The summed E-state index contributed by atoms with van der Waals surface area (Å²) in [5.41, 5.74) is 0.835. The maximum Gasteiger partial charge on any atom is 0.124 e. The van der Waals surface area contributed by atoms with Gasteiger partial charge < -0.3 is 20.3 Å². The van der Waals surface area contributed by atoms with Gasteiger partial charge in [-0.2, -0.15) is 0 Å². The van der Waals surface area contributed by atoms with Gasteiger partial charge >= 0.3 is 0 Å². The average Bonchev–Trinajstić information content (AvgIpc) is 2.37. The van der Waals surface area contributed by atoms with E-state index in [-0.39, 0.29) is 17.9 Å². The lowest BCUT2D eigenvalue weighted by Crippen LogP contribution is -2.23. The molecule has 4 nitrogen and oxygen atoms in total. The molecule has 2 atom stereocenters. The first-order chi connectivity index (χ1) is 8.58. The van der Waals surface area contributed by atoms with Gasteiger partial charge in [0.15, 0.2) is 0 Å². The third-order valence-corrected chi connectivity index (χ3v) is 3.10. The van der Waals surface area contributed by atoms with Crippen molar-refractivity contribution in [2.24, 2.45) is 0 Å². The van der Waals surface area contributed by atoms with Crippen molar-refractivity contribution in [3.63, 3.8) is 0 Å². The summed E-state index contributed by atoms with van der Waals surface area (Å²) in [7, 11) is 1.57. The molecule has 0 aliphatic carbocycles. The van der Waals surface area contributed by atoms with E-state index in [4.69, 9.17) is 4.74 Å². The number of nitrogens with one attached hydrogen (secondary N) is 1. The Morgan fingerprint density at radius 3 is 2.67 bits per heavy atom. The molecule has 0 bridgehead atoms. The van der Waals surface area contributed by atoms with Crippen LogP contribution in [-0.4, -0.2) is 30.0 Å². The van der Waals surface area contributed by atoms with Gasteiger partial charge in [0.2, 0.25) is 0 Å². The van der Waals surface area contributed by atoms with Crippen LogP contribution in [-0.2, 0) is 0 Å². The lowest BCUT2D eigenvalue weighted by atomic mass is 10.1. The van der Waals surface area contributed by atoms with Gasteiger partial charge in [-0.1, -0.05) is 13.0 Å². The van der Waals surface area contributed by atoms with Crippen molar-refractivity contribution in [1.82, 2.24) is 5.32 Å². The number of phenolic OH excluding ortho intramolecular Hbond substituents is 1. The van der Waals surface area contributed by atoms with E-state index in [9.17, 15) is 10.2 Å². The fourth-order valence-electron chi connectivity index (χ4n) is 1.80. The van der Waals surface area contributed by atoms with Gasteiger partial charge in [-0.25, -0.2) is 0 Å². The fraction of sp³-hybridized carbons (Fsp3) is 0.571. The summed E-state index contributed by atoms with van der Waals surface area (Å²) in [5, 5.41) is 22.6. The largest absolute Gasteiger partial charge is 0.507 e. The zero-order valence-corrected chi connectivity index (χ0v) is 11.3. The van der Waals surface area contributed by atoms with Crippen molar-refractivity contribution < 1.29 is 14.9 Å². The van der Waals surface area contributed by atoms with Crippen LogP contribution in [0.3, 0.4) is 0 Å². The molecule has 0 amide bonds. The van der Waals surface area contributed by atoms with E-state index in [1.807, 2.05) is 26.0 Å². The summed E-state index contributed by atoms with van der Waals surface area (Å²) in [6.45, 7) is 4.67. The highest BCUT2D eigenvalue weighted by atomic mass is 16.5. The summed E-state index contributed by atoms with van der Waals surface area (Å²) >= 11 is 0. The van der Waals surface area contributed by atoms with Crippen LogP contribution >= 0.6 is 0 Å². The van der Waals surface area contributed by atoms with Crippen LogP contribution in [0, 0.1) is 0 Å². The Hall–Kier alpha value is -1.26. The quantitative estimate of drug-likeness (QED) is 0.697. The molecule has 0 saturated carbocycles. The number of aromatic hydroxyl groups is 1. The highest BCUT2D eigenvalue weighted by molar-refractivity contribution is 5.41. The Morgan fingerprint density at radius 1 is 1.39 bits per heavy atom. The van der Waals surface area contributed by atoms with E-state index in [0.717, 1.165) is 24.9 Å². The van der Waals surface area contributed by atoms with Crippen molar-refractivity contribution in [3.05, 3.63) is 23.8 Å². The Kier molecular flexibility index (Phi) is 5.95. The summed E-state index contributed by atoms with van der Waals surface area (Å²) < 4.78 is 5.04. The number of hydrogen-bond acceptors (Lipinski definition) is 4. The molecule has 0 spiro atoms. The molecule has 0 fully saturated rings. The molecule has 1 aromatic carbocycles. The van der Waals surface area contributed by atoms with Crippen LogP contribution in [0.25, 0.3) is 0 Å². The molecule has 0 aliphatic rings. The lowest BCUT2D eigenvalue weighted by Gasteiger charge is -2.17. The summed E-state index contributed by atoms with van der Waals surface area (Å²) in [4.78, 5) is 0. The number of aliphatic hydroxyl groups excluding tert-OH is 1. The standard InChI is InChI=1S/C14H23NO3/c1-4-11(16)7-8-15-10(2)13-6-5-12(18-3)9-14(13)17/h5-6,9-11,15-17H,4,7-8H2,1-3H3. The minimum atomic E-state index is -0.255. The normalized spacial score (nSPS) is 14.2. The Balaban J connectivity index is 2.53. The lowest BCUT2D eigenvalue weighted by molar-refractivity contribution is 0.158. The topological polar surface area (TPSA) is 61.7 Å². The maximum atomic E-state index is 9.88. The van der Waals surface area contributed by atoms with Gasteiger partial charge in [-0.15, -0.1) is 0 Å². The first kappa shape index (κ1) is 14.8. The number of ether oxygens (including phenoxy) is 1. The molecule has 0 radical (unpaired) electrons. The predicted molar refractivity (Wildman–Crippen MR) is 72.0 cm³/mol. The predicted octanol–water partition coefficient (Wildman–Crippen LogP) is 2.21. The SMILES string of the molecule is CCC(O)CCNC(C)c1ccc(OC)cc1O. The van der Waals surface area contributed by atoms with Gasteiger partial charge in [0.05, 0.1) is 13.2 Å². The van der Waals surface area contributed by atoms with E-state index in [0.29, 0.717) is 5.75 Å². The molecule has 102 valence electrons. The van der Waals surface area contributed by atoms with Crippen LogP contribution in [0.4, 0.5) is 0 Å². The third kappa shape index (κ3) is 4.20. The molecule has 0 saturated heterocycles. The molecular formula is C14H23NO3. The van der Waals surface area contributed by atoms with Crippen molar-refractivity contribution in [2.45, 2.75) is 38.8 Å². The summed E-state index contributed by atoms with van der Waals surface area (Å²) in [5.74, 6) is 0.871. The van der Waals surface area contributed by atoms with Crippen LogP contribution in [0.2, 0.25) is 0 Å². The molecule has 1 aromatic rings. The van der Waals surface area contributed by atoms with Gasteiger partial charge in [-0.05, 0) is 32.4 Å². The van der Waals surface area contributed by atoms with E-state index in [2.05, 4.69) is 5.32 Å². The molecule has 0 aliphatic heterocycles. The number of methoxy groups -OCH3 is 1. The van der Waals surface area contributed by atoms with Crippen molar-refractivity contribution >= 4 is 0 Å². The highest BCUT2D eigenvalue weighted by Crippen LogP contribution is 2.28. The van der Waals surface area contributed by atoms with E-state index in [1.54, 1.807) is 13.2 Å². The molecular weight excluding hydrogens is 230 g/mol. The monoisotopic (exact) mass is 253 g/mol. The number of phenols is 1. The van der Waals surface area contributed by atoms with E-state index >= 15 is 0 Å². The van der Waals surface area contributed by atoms with Gasteiger partial charge in [0.1, 0.15) is 11.5 Å². The fourth-order valence-corrected chi connectivity index (χ4v) is 1.80. The van der Waals surface area contributed by atoms with Gasteiger partial charge in [0.25, 0.3) is 0 Å². The van der Waals surface area contributed by atoms with Crippen molar-refractivity contribution in [1.29, 1.82) is 0 Å². The van der Waals surface area contributed by atoms with E-state index < -0.39 is 0 Å². The molecule has 0 aromatic heterocycles. The molecule has 2 unspecified atom stereocenters. The maximum absolute atomic E-state index is 9.88. The van der Waals surface area contributed by atoms with Crippen LogP contribution in [0.1, 0.15) is 38.3 Å². The molecule has 18 heavy (non-hydrogen) atoms. The van der Waals surface area contributed by atoms with Gasteiger partial charge in [0, 0.05) is 17.7 Å². The number of aliphatic hydroxyl groups is 1. The first-order valence-electron chi connectivity index (χ1n) is 6.36. The zero-order chi connectivity index (χ0) is 13.5. The molecule has 0 heterocycles. The number of benzene rings is 1. The van der Waals surface area contributed by atoms with Crippen molar-refractivity contribution in [3.8, 4) is 11.5 Å². The minimum absolute atomic E-state index is 0.0416. The van der Waals surface area contributed by atoms with Crippen LogP contribution in [0.5, 0.6) is 11.5 Å². The molecule has 1 rings (SSSR count). The molecule has 3 N–H and O–H groups in total.